The second-order valence-electron chi connectivity index (χ2n) is 6.85. The zero-order chi connectivity index (χ0) is 17.6. The van der Waals surface area contributed by atoms with Crippen molar-refractivity contribution in [2.24, 2.45) is 5.92 Å². The van der Waals surface area contributed by atoms with E-state index in [1.165, 1.54) is 44.1 Å². The Bertz CT molecular complexity index is 765. The van der Waals surface area contributed by atoms with Gasteiger partial charge in [0.2, 0.25) is 5.95 Å². The lowest BCUT2D eigenvalue weighted by atomic mass is 9.77. The molecular formula is C22H23ClFN. The van der Waals surface area contributed by atoms with Crippen LogP contribution in [0.2, 0.25) is 5.15 Å². The molecular weight excluding hydrogens is 333 g/mol. The molecule has 3 heteroatoms. The van der Waals surface area contributed by atoms with E-state index in [1.807, 2.05) is 12.1 Å². The van der Waals surface area contributed by atoms with Crippen LogP contribution >= 0.6 is 11.6 Å². The summed E-state index contributed by atoms with van der Waals surface area (Å²) in [6.45, 7) is 2.28. The second kappa shape index (κ2) is 8.50. The summed E-state index contributed by atoms with van der Waals surface area (Å²) in [7, 11) is 0. The standard InChI is InChI=1S/C22H23ClFN/c1-2-3-16-4-9-18(10-5-16)19-11-6-17(7-12-19)8-13-20-14-15-21(23)25-22(20)24/h6-7,11-12,14-16,18H,2-5,9-10H2,1H3/t16-,18-. The fraction of sp³-hybridized carbons (Fsp3) is 0.409. The first-order valence-electron chi connectivity index (χ1n) is 9.09. The Kier molecular flexibility index (Phi) is 6.10. The Balaban J connectivity index is 1.64. The zero-order valence-electron chi connectivity index (χ0n) is 14.6. The van der Waals surface area contributed by atoms with Crippen LogP contribution in [0.25, 0.3) is 0 Å². The van der Waals surface area contributed by atoms with Crippen LogP contribution in [0.1, 0.15) is 68.1 Å². The zero-order valence-corrected chi connectivity index (χ0v) is 15.3. The summed E-state index contributed by atoms with van der Waals surface area (Å²) in [6.07, 6.45) is 7.95. The predicted molar refractivity (Wildman–Crippen MR) is 101 cm³/mol. The van der Waals surface area contributed by atoms with Crippen molar-refractivity contribution in [2.75, 3.05) is 0 Å². The van der Waals surface area contributed by atoms with Crippen molar-refractivity contribution < 1.29 is 4.39 Å². The lowest BCUT2D eigenvalue weighted by Crippen LogP contribution is -2.13. The highest BCUT2D eigenvalue weighted by Crippen LogP contribution is 2.37. The molecule has 130 valence electrons. The van der Waals surface area contributed by atoms with Crippen molar-refractivity contribution in [3.8, 4) is 11.8 Å². The van der Waals surface area contributed by atoms with Gasteiger partial charge in [0, 0.05) is 5.56 Å². The number of hydrogen-bond donors (Lipinski definition) is 0. The highest BCUT2D eigenvalue weighted by atomic mass is 35.5. The van der Waals surface area contributed by atoms with Crippen LogP contribution in [0.5, 0.6) is 0 Å². The largest absolute Gasteiger partial charge is 0.230 e. The molecule has 1 nitrogen and oxygen atoms in total. The van der Waals surface area contributed by atoms with Crippen molar-refractivity contribution in [3.05, 3.63) is 64.2 Å². The number of halogens is 2. The van der Waals surface area contributed by atoms with Gasteiger partial charge in [-0.2, -0.15) is 4.39 Å². The van der Waals surface area contributed by atoms with E-state index in [1.54, 1.807) is 12.1 Å². The first-order chi connectivity index (χ1) is 12.2. The summed E-state index contributed by atoms with van der Waals surface area (Å²) in [5.41, 5.74) is 2.56. The number of aromatic nitrogens is 1. The van der Waals surface area contributed by atoms with Crippen molar-refractivity contribution >= 4 is 11.6 Å². The summed E-state index contributed by atoms with van der Waals surface area (Å²) in [5.74, 6) is 6.81. The van der Waals surface area contributed by atoms with Crippen LogP contribution in [-0.4, -0.2) is 4.98 Å². The third kappa shape index (κ3) is 4.83. The topological polar surface area (TPSA) is 12.9 Å². The van der Waals surface area contributed by atoms with Gasteiger partial charge in [0.05, 0.1) is 5.56 Å². The Hall–Kier alpha value is -1.85. The van der Waals surface area contributed by atoms with E-state index in [2.05, 4.69) is 35.9 Å². The lowest BCUT2D eigenvalue weighted by Gasteiger charge is -2.28. The maximum Gasteiger partial charge on any atom is 0.230 e. The van der Waals surface area contributed by atoms with E-state index < -0.39 is 5.95 Å². The Labute approximate surface area is 154 Å². The molecule has 1 heterocycles. The summed E-state index contributed by atoms with van der Waals surface area (Å²) in [4.78, 5) is 3.58. The van der Waals surface area contributed by atoms with Crippen molar-refractivity contribution in [1.29, 1.82) is 0 Å². The number of rotatable bonds is 3. The van der Waals surface area contributed by atoms with Gasteiger partial charge in [-0.25, -0.2) is 4.98 Å². The molecule has 0 atom stereocenters. The van der Waals surface area contributed by atoms with Gasteiger partial charge in [-0.3, -0.25) is 0 Å². The minimum absolute atomic E-state index is 0.140. The predicted octanol–water partition coefficient (Wildman–Crippen LogP) is 6.35. The fourth-order valence-corrected chi connectivity index (χ4v) is 3.81. The van der Waals surface area contributed by atoms with E-state index >= 15 is 0 Å². The fourth-order valence-electron chi connectivity index (χ4n) is 3.68. The van der Waals surface area contributed by atoms with E-state index in [0.717, 1.165) is 11.5 Å². The molecule has 0 unspecified atom stereocenters. The first-order valence-corrected chi connectivity index (χ1v) is 9.47. The molecule has 0 amide bonds. The van der Waals surface area contributed by atoms with Gasteiger partial charge < -0.3 is 0 Å². The van der Waals surface area contributed by atoms with Crippen molar-refractivity contribution in [3.63, 3.8) is 0 Å². The van der Waals surface area contributed by atoms with Crippen LogP contribution in [0.3, 0.4) is 0 Å². The summed E-state index contributed by atoms with van der Waals surface area (Å²) < 4.78 is 13.6. The molecule has 1 saturated carbocycles. The van der Waals surface area contributed by atoms with Crippen LogP contribution in [0, 0.1) is 23.7 Å². The second-order valence-corrected chi connectivity index (χ2v) is 7.24. The molecule has 1 aliphatic rings. The summed E-state index contributed by atoms with van der Waals surface area (Å²) >= 11 is 5.65. The van der Waals surface area contributed by atoms with Gasteiger partial charge >= 0.3 is 0 Å². The molecule has 0 spiro atoms. The number of hydrogen-bond acceptors (Lipinski definition) is 1. The molecule has 3 rings (SSSR count). The maximum atomic E-state index is 13.6. The Morgan fingerprint density at radius 1 is 1.04 bits per heavy atom. The third-order valence-corrected chi connectivity index (χ3v) is 5.29. The highest BCUT2D eigenvalue weighted by Gasteiger charge is 2.21. The molecule has 1 aromatic carbocycles. The number of benzene rings is 1. The number of pyridine rings is 1. The normalized spacial score (nSPS) is 20.0. The lowest BCUT2D eigenvalue weighted by molar-refractivity contribution is 0.308. The Morgan fingerprint density at radius 3 is 2.40 bits per heavy atom. The molecule has 2 aromatic rings. The first kappa shape index (κ1) is 18.0. The maximum absolute atomic E-state index is 13.6. The quantitative estimate of drug-likeness (QED) is 0.462. The number of nitrogens with zero attached hydrogens (tertiary/aromatic N) is 1. The minimum atomic E-state index is -0.625. The molecule has 0 radical (unpaired) electrons. The molecule has 0 bridgehead atoms. The van der Waals surface area contributed by atoms with Crippen molar-refractivity contribution in [2.45, 2.75) is 51.4 Å². The third-order valence-electron chi connectivity index (χ3n) is 5.08. The van der Waals surface area contributed by atoms with E-state index in [0.29, 0.717) is 5.92 Å². The van der Waals surface area contributed by atoms with Gasteiger partial charge in [-0.05, 0) is 67.3 Å². The molecule has 1 aromatic heterocycles. The molecule has 1 aliphatic carbocycles. The molecule has 0 aliphatic heterocycles. The minimum Gasteiger partial charge on any atom is -0.207 e. The van der Waals surface area contributed by atoms with E-state index in [9.17, 15) is 4.39 Å². The smallest absolute Gasteiger partial charge is 0.207 e. The Morgan fingerprint density at radius 2 is 1.76 bits per heavy atom. The van der Waals surface area contributed by atoms with E-state index in [-0.39, 0.29) is 10.7 Å². The van der Waals surface area contributed by atoms with Gasteiger partial charge in [0.1, 0.15) is 5.15 Å². The average molecular weight is 356 g/mol. The van der Waals surface area contributed by atoms with Crippen LogP contribution < -0.4 is 0 Å². The van der Waals surface area contributed by atoms with Crippen LogP contribution in [0.15, 0.2) is 36.4 Å². The molecule has 25 heavy (non-hydrogen) atoms. The highest BCUT2D eigenvalue weighted by molar-refractivity contribution is 6.29. The summed E-state index contributed by atoms with van der Waals surface area (Å²) in [5, 5.41) is 0.140. The average Bonchev–Trinajstić information content (AvgIpc) is 2.62. The van der Waals surface area contributed by atoms with Gasteiger partial charge in [0.25, 0.3) is 0 Å². The van der Waals surface area contributed by atoms with Crippen LogP contribution in [0.4, 0.5) is 4.39 Å². The summed E-state index contributed by atoms with van der Waals surface area (Å²) in [6, 6.07) is 11.5. The molecule has 0 saturated heterocycles. The van der Waals surface area contributed by atoms with Gasteiger partial charge in [-0.1, -0.05) is 55.3 Å². The molecule has 0 N–H and O–H groups in total. The van der Waals surface area contributed by atoms with Gasteiger partial charge in [0.15, 0.2) is 0 Å². The van der Waals surface area contributed by atoms with E-state index in [4.69, 9.17) is 11.6 Å². The van der Waals surface area contributed by atoms with Crippen LogP contribution in [-0.2, 0) is 0 Å². The monoisotopic (exact) mass is 355 g/mol. The SMILES string of the molecule is CCC[C@H]1CC[C@H](c2ccc(C#Cc3ccc(Cl)nc3F)cc2)CC1. The molecule has 1 fully saturated rings. The van der Waals surface area contributed by atoms with Gasteiger partial charge in [-0.15, -0.1) is 0 Å². The van der Waals surface area contributed by atoms with Crippen molar-refractivity contribution in [1.82, 2.24) is 4.98 Å².